The van der Waals surface area contributed by atoms with Crippen LogP contribution in [0.3, 0.4) is 0 Å². The molecule has 3 aliphatic heterocycles. The van der Waals surface area contributed by atoms with E-state index in [1.807, 2.05) is 12.1 Å². The summed E-state index contributed by atoms with van der Waals surface area (Å²) in [7, 11) is -3.22. The second-order valence-corrected chi connectivity index (χ2v) is 10.9. The van der Waals surface area contributed by atoms with Gasteiger partial charge in [0.25, 0.3) is 0 Å². The van der Waals surface area contributed by atoms with E-state index in [9.17, 15) is 18.0 Å². The number of aryl methyl sites for hydroxylation is 1. The maximum atomic E-state index is 12.3. The molecule has 0 aromatic heterocycles. The number of carbonyl (C=O) groups is 2. The maximum Gasteiger partial charge on any atom is 0.315 e. The molecule has 3 fully saturated rings. The van der Waals surface area contributed by atoms with Gasteiger partial charge in [0.2, 0.25) is 5.91 Å². The first-order valence-electron chi connectivity index (χ1n) is 10.8. The van der Waals surface area contributed by atoms with Crippen molar-refractivity contribution in [1.82, 2.24) is 10.6 Å². The molecule has 0 unspecified atom stereocenters. The first kappa shape index (κ1) is 21.0. The summed E-state index contributed by atoms with van der Waals surface area (Å²) in [6, 6.07) is 5.04. The van der Waals surface area contributed by atoms with Crippen LogP contribution in [0, 0.1) is 6.92 Å². The highest BCUT2D eigenvalue weighted by Gasteiger charge is 2.51. The Balaban J connectivity index is 1.23. The quantitative estimate of drug-likeness (QED) is 0.449. The summed E-state index contributed by atoms with van der Waals surface area (Å²) in [5.74, 6) is -0.0692. The molecule has 3 aliphatic rings. The Morgan fingerprint density at radius 3 is 2.70 bits per heavy atom. The molecule has 3 saturated heterocycles. The third-order valence-electron chi connectivity index (χ3n) is 6.39. The van der Waals surface area contributed by atoms with Gasteiger partial charge in [0, 0.05) is 30.9 Å². The van der Waals surface area contributed by atoms with Crippen molar-refractivity contribution in [2.45, 2.75) is 62.8 Å². The van der Waals surface area contributed by atoms with E-state index in [2.05, 4.69) is 33.8 Å². The summed E-state index contributed by atoms with van der Waals surface area (Å²) in [6.45, 7) is 4.24. The molecule has 0 spiro atoms. The number of carbonyl (C=O) groups excluding carboxylic acids is 2. The van der Waals surface area contributed by atoms with E-state index >= 15 is 0 Å². The molecule has 3 N–H and O–H groups in total. The van der Waals surface area contributed by atoms with Crippen LogP contribution in [0.15, 0.2) is 18.2 Å². The molecular weight excluding hydrogens is 404 g/mol. The summed E-state index contributed by atoms with van der Waals surface area (Å²) >= 11 is 0. The number of rotatable bonds is 7. The lowest BCUT2D eigenvalue weighted by atomic mass is 10.0. The Kier molecular flexibility index (Phi) is 5.90. The molecular formula is C21H30N4O4S. The number of fused-ring (bicyclic) bond motifs is 1. The zero-order chi connectivity index (χ0) is 21.3. The third-order valence-corrected chi connectivity index (χ3v) is 8.67. The molecule has 1 aromatic rings. The fourth-order valence-electron chi connectivity index (χ4n) is 4.91. The van der Waals surface area contributed by atoms with Gasteiger partial charge in [-0.25, -0.2) is 13.2 Å². The Bertz CT molecular complexity index is 927. The van der Waals surface area contributed by atoms with Crippen LogP contribution >= 0.6 is 0 Å². The highest BCUT2D eigenvalue weighted by molar-refractivity contribution is 7.92. The molecule has 30 heavy (non-hydrogen) atoms. The summed E-state index contributed by atoms with van der Waals surface area (Å²) in [4.78, 5) is 26.1. The van der Waals surface area contributed by atoms with E-state index in [0.717, 1.165) is 24.3 Å². The number of anilines is 2. The van der Waals surface area contributed by atoms with E-state index < -0.39 is 15.1 Å². The second kappa shape index (κ2) is 8.45. The number of benzene rings is 1. The van der Waals surface area contributed by atoms with Gasteiger partial charge in [0.1, 0.15) is 0 Å². The Morgan fingerprint density at radius 2 is 1.97 bits per heavy atom. The lowest BCUT2D eigenvalue weighted by molar-refractivity contribution is -0.116. The van der Waals surface area contributed by atoms with Crippen molar-refractivity contribution in [1.29, 1.82) is 0 Å². The van der Waals surface area contributed by atoms with Gasteiger partial charge in [0.15, 0.2) is 9.84 Å². The highest BCUT2D eigenvalue weighted by Crippen LogP contribution is 2.29. The minimum absolute atomic E-state index is 0.00562. The number of sulfone groups is 1. The Labute approximate surface area is 177 Å². The summed E-state index contributed by atoms with van der Waals surface area (Å²) in [5, 5.41) is 7.77. The molecule has 4 rings (SSSR count). The SMILES string of the molecule is Cc1cc(NC(=O)CCCC[C@@H]2[C@@H]3NC(=O)N[C@@H]3CS2(=O)=O)ccc1N1CCCC1. The van der Waals surface area contributed by atoms with Gasteiger partial charge in [-0.15, -0.1) is 0 Å². The average molecular weight is 435 g/mol. The van der Waals surface area contributed by atoms with E-state index in [-0.39, 0.29) is 29.8 Å². The summed E-state index contributed by atoms with van der Waals surface area (Å²) < 4.78 is 24.7. The monoisotopic (exact) mass is 434 g/mol. The van der Waals surface area contributed by atoms with Crippen molar-refractivity contribution >= 4 is 33.2 Å². The highest BCUT2D eigenvalue weighted by atomic mass is 32.2. The van der Waals surface area contributed by atoms with Crippen LogP contribution in [0.4, 0.5) is 16.2 Å². The van der Waals surface area contributed by atoms with Gasteiger partial charge in [-0.1, -0.05) is 6.42 Å². The van der Waals surface area contributed by atoms with Gasteiger partial charge < -0.3 is 20.9 Å². The predicted octanol–water partition coefficient (Wildman–Crippen LogP) is 1.94. The molecule has 3 amide bonds. The molecule has 8 nitrogen and oxygen atoms in total. The smallest absolute Gasteiger partial charge is 0.315 e. The molecule has 3 atom stereocenters. The molecule has 3 heterocycles. The fourth-order valence-corrected chi connectivity index (χ4v) is 7.17. The number of nitrogens with one attached hydrogen (secondary N) is 3. The zero-order valence-corrected chi connectivity index (χ0v) is 18.1. The summed E-state index contributed by atoms with van der Waals surface area (Å²) in [5.41, 5.74) is 3.18. The number of nitrogens with zero attached hydrogens (tertiary/aromatic N) is 1. The standard InChI is InChI=1S/C21H30N4O4S/c1-14-12-15(8-9-17(14)25-10-4-5-11-25)22-19(26)7-3-2-6-18-20-16(13-30(18,28)29)23-21(27)24-20/h8-9,12,16,18,20H,2-7,10-11,13H2,1H3,(H,22,26)(H2,23,24,27)/t16-,18-,20-/m1/s1. The molecule has 0 saturated carbocycles. The number of urea groups is 1. The first-order valence-corrected chi connectivity index (χ1v) is 12.5. The van der Waals surface area contributed by atoms with Gasteiger partial charge >= 0.3 is 6.03 Å². The molecule has 0 bridgehead atoms. The van der Waals surface area contributed by atoms with Gasteiger partial charge in [-0.3, -0.25) is 4.79 Å². The average Bonchev–Trinajstić information content (AvgIpc) is 3.35. The van der Waals surface area contributed by atoms with Crippen molar-refractivity contribution in [3.8, 4) is 0 Å². The van der Waals surface area contributed by atoms with E-state index in [0.29, 0.717) is 25.7 Å². The van der Waals surface area contributed by atoms with Crippen molar-refractivity contribution < 1.29 is 18.0 Å². The van der Waals surface area contributed by atoms with Crippen LogP contribution in [0.2, 0.25) is 0 Å². The van der Waals surface area contributed by atoms with Crippen LogP contribution in [0.1, 0.15) is 44.1 Å². The predicted molar refractivity (Wildman–Crippen MR) is 117 cm³/mol. The van der Waals surface area contributed by atoms with Gasteiger partial charge in [-0.05, 0) is 56.4 Å². The Hall–Kier alpha value is -2.29. The third kappa shape index (κ3) is 4.40. The molecule has 0 radical (unpaired) electrons. The zero-order valence-electron chi connectivity index (χ0n) is 17.3. The number of hydrogen-bond donors (Lipinski definition) is 3. The largest absolute Gasteiger partial charge is 0.371 e. The lowest BCUT2D eigenvalue weighted by Gasteiger charge is -2.20. The minimum atomic E-state index is -3.22. The van der Waals surface area contributed by atoms with Crippen LogP contribution < -0.4 is 20.9 Å². The van der Waals surface area contributed by atoms with E-state index in [4.69, 9.17) is 0 Å². The number of unbranched alkanes of at least 4 members (excludes halogenated alkanes) is 1. The molecule has 164 valence electrons. The van der Waals surface area contributed by atoms with E-state index in [1.54, 1.807) is 0 Å². The fraction of sp³-hybridized carbons (Fsp3) is 0.619. The minimum Gasteiger partial charge on any atom is -0.371 e. The Morgan fingerprint density at radius 1 is 1.20 bits per heavy atom. The van der Waals surface area contributed by atoms with Crippen molar-refractivity contribution in [3.05, 3.63) is 23.8 Å². The topological polar surface area (TPSA) is 108 Å². The van der Waals surface area contributed by atoms with Crippen LogP contribution in [-0.2, 0) is 14.6 Å². The second-order valence-electron chi connectivity index (χ2n) is 8.61. The van der Waals surface area contributed by atoms with Crippen LogP contribution in [-0.4, -0.2) is 56.5 Å². The molecule has 1 aromatic carbocycles. The molecule has 0 aliphatic carbocycles. The van der Waals surface area contributed by atoms with Crippen LogP contribution in [0.5, 0.6) is 0 Å². The maximum absolute atomic E-state index is 12.3. The number of amides is 3. The lowest BCUT2D eigenvalue weighted by Crippen LogP contribution is -2.39. The number of hydrogen-bond acceptors (Lipinski definition) is 5. The van der Waals surface area contributed by atoms with Crippen molar-refractivity contribution in [2.24, 2.45) is 0 Å². The normalized spacial score (nSPS) is 26.9. The van der Waals surface area contributed by atoms with Crippen molar-refractivity contribution in [3.63, 3.8) is 0 Å². The van der Waals surface area contributed by atoms with Crippen LogP contribution in [0.25, 0.3) is 0 Å². The van der Waals surface area contributed by atoms with E-state index in [1.165, 1.54) is 18.5 Å². The summed E-state index contributed by atoms with van der Waals surface area (Å²) in [6.07, 6.45) is 4.50. The van der Waals surface area contributed by atoms with Gasteiger partial charge in [0.05, 0.1) is 23.1 Å². The van der Waals surface area contributed by atoms with Crippen molar-refractivity contribution in [2.75, 3.05) is 29.1 Å². The first-order chi connectivity index (χ1) is 14.3. The molecule has 9 heteroatoms. The van der Waals surface area contributed by atoms with Gasteiger partial charge in [-0.2, -0.15) is 0 Å².